The first-order valence-electron chi connectivity index (χ1n) is 5.55. The predicted molar refractivity (Wildman–Crippen MR) is 60.4 cm³/mol. The Morgan fingerprint density at radius 1 is 1.38 bits per heavy atom. The van der Waals surface area contributed by atoms with E-state index < -0.39 is 10.0 Å². The second-order valence-corrected chi connectivity index (χ2v) is 6.19. The van der Waals surface area contributed by atoms with Gasteiger partial charge >= 0.3 is 0 Å². The molecule has 0 aliphatic carbocycles. The summed E-state index contributed by atoms with van der Waals surface area (Å²) in [7, 11) is -3.40. The molecule has 0 amide bonds. The molecule has 90 valence electrons. The maximum atomic E-state index is 12.3. The third-order valence-electron chi connectivity index (χ3n) is 3.14. The van der Waals surface area contributed by atoms with Gasteiger partial charge in [0.05, 0.1) is 12.5 Å². The van der Waals surface area contributed by atoms with Gasteiger partial charge in [-0.3, -0.25) is 0 Å². The Morgan fingerprint density at radius 3 is 2.50 bits per heavy atom. The third-order valence-corrected chi connectivity index (χ3v) is 5.20. The molecule has 0 saturated carbocycles. The SMILES string of the molecule is CC1CCCC(C)N1S(=O)(=O)c1cnc[nH]1. The quantitative estimate of drug-likeness (QED) is 0.853. The molecule has 2 heterocycles. The minimum atomic E-state index is -3.40. The molecule has 1 saturated heterocycles. The number of H-pyrrole nitrogens is 1. The van der Waals surface area contributed by atoms with Crippen molar-refractivity contribution in [2.75, 3.05) is 0 Å². The summed E-state index contributed by atoms with van der Waals surface area (Å²) in [6.45, 7) is 3.92. The fraction of sp³-hybridized carbons (Fsp3) is 0.700. The molecule has 6 heteroatoms. The van der Waals surface area contributed by atoms with Gasteiger partial charge in [0.1, 0.15) is 0 Å². The fourth-order valence-electron chi connectivity index (χ4n) is 2.37. The van der Waals surface area contributed by atoms with E-state index in [-0.39, 0.29) is 17.1 Å². The van der Waals surface area contributed by atoms with E-state index in [9.17, 15) is 8.42 Å². The van der Waals surface area contributed by atoms with Gasteiger partial charge in [0.25, 0.3) is 10.0 Å². The number of sulfonamides is 1. The van der Waals surface area contributed by atoms with Crippen molar-refractivity contribution in [1.29, 1.82) is 0 Å². The number of aromatic amines is 1. The zero-order valence-electron chi connectivity index (χ0n) is 9.55. The number of hydrogen-bond donors (Lipinski definition) is 1. The lowest BCUT2D eigenvalue weighted by molar-refractivity contribution is 0.204. The zero-order chi connectivity index (χ0) is 11.8. The van der Waals surface area contributed by atoms with Crippen molar-refractivity contribution in [3.8, 4) is 0 Å². The molecular weight excluding hydrogens is 226 g/mol. The Kier molecular flexibility index (Phi) is 3.03. The molecule has 1 aromatic heterocycles. The van der Waals surface area contributed by atoms with E-state index in [0.717, 1.165) is 19.3 Å². The summed E-state index contributed by atoms with van der Waals surface area (Å²) in [5.74, 6) is 0. The van der Waals surface area contributed by atoms with Gasteiger partial charge in [0.15, 0.2) is 5.03 Å². The first-order valence-corrected chi connectivity index (χ1v) is 6.99. The molecule has 0 spiro atoms. The summed E-state index contributed by atoms with van der Waals surface area (Å²) in [6.07, 6.45) is 5.71. The molecule has 0 bridgehead atoms. The zero-order valence-corrected chi connectivity index (χ0v) is 10.4. The summed E-state index contributed by atoms with van der Waals surface area (Å²) in [4.78, 5) is 6.45. The minimum absolute atomic E-state index is 0.0667. The molecule has 0 radical (unpaired) electrons. The molecule has 1 aliphatic rings. The van der Waals surface area contributed by atoms with Gasteiger partial charge in [-0.25, -0.2) is 13.4 Å². The number of rotatable bonds is 2. The number of piperidine rings is 1. The first-order chi connectivity index (χ1) is 7.53. The van der Waals surface area contributed by atoms with Crippen molar-refractivity contribution >= 4 is 10.0 Å². The van der Waals surface area contributed by atoms with E-state index in [1.165, 1.54) is 12.5 Å². The molecule has 5 nitrogen and oxygen atoms in total. The van der Waals surface area contributed by atoms with E-state index in [2.05, 4.69) is 9.97 Å². The summed E-state index contributed by atoms with van der Waals surface area (Å²) in [6, 6.07) is 0.133. The van der Waals surface area contributed by atoms with E-state index >= 15 is 0 Å². The van der Waals surface area contributed by atoms with Gasteiger partial charge in [-0.15, -0.1) is 0 Å². The number of hydrogen-bond acceptors (Lipinski definition) is 3. The molecule has 1 fully saturated rings. The van der Waals surface area contributed by atoms with Gasteiger partial charge in [-0.05, 0) is 26.7 Å². The van der Waals surface area contributed by atoms with Crippen LogP contribution < -0.4 is 0 Å². The molecule has 0 aromatic carbocycles. The van der Waals surface area contributed by atoms with Gasteiger partial charge in [-0.1, -0.05) is 6.42 Å². The van der Waals surface area contributed by atoms with Crippen LogP contribution in [0.25, 0.3) is 0 Å². The Labute approximate surface area is 95.9 Å². The van der Waals surface area contributed by atoms with Gasteiger partial charge in [0.2, 0.25) is 0 Å². The maximum absolute atomic E-state index is 12.3. The van der Waals surface area contributed by atoms with Crippen LogP contribution in [-0.2, 0) is 10.0 Å². The van der Waals surface area contributed by atoms with Crippen LogP contribution >= 0.6 is 0 Å². The minimum Gasteiger partial charge on any atom is -0.335 e. The predicted octanol–water partition coefficient (Wildman–Crippen LogP) is 1.36. The molecular formula is C10H17N3O2S. The van der Waals surface area contributed by atoms with Gasteiger partial charge < -0.3 is 4.98 Å². The normalized spacial score (nSPS) is 28.1. The molecule has 2 unspecified atom stereocenters. The maximum Gasteiger partial charge on any atom is 0.260 e. The highest BCUT2D eigenvalue weighted by Gasteiger charge is 2.36. The monoisotopic (exact) mass is 243 g/mol. The number of nitrogens with one attached hydrogen (secondary N) is 1. The van der Waals surface area contributed by atoms with Crippen LogP contribution in [-0.4, -0.2) is 34.8 Å². The lowest BCUT2D eigenvalue weighted by atomic mass is 10.0. The number of aromatic nitrogens is 2. The summed E-state index contributed by atoms with van der Waals surface area (Å²) in [5.41, 5.74) is 0. The molecule has 2 rings (SSSR count). The van der Waals surface area contributed by atoms with Crippen LogP contribution in [0, 0.1) is 0 Å². The standard InChI is InChI=1S/C10H17N3O2S/c1-8-4-3-5-9(2)13(8)16(14,15)10-6-11-7-12-10/h6-9H,3-5H2,1-2H3,(H,11,12). The van der Waals surface area contributed by atoms with Crippen molar-refractivity contribution in [3.05, 3.63) is 12.5 Å². The highest BCUT2D eigenvalue weighted by molar-refractivity contribution is 7.89. The van der Waals surface area contributed by atoms with Crippen LogP contribution in [0.15, 0.2) is 17.6 Å². The average Bonchev–Trinajstić information content (AvgIpc) is 2.69. The molecule has 1 aromatic rings. The summed E-state index contributed by atoms with van der Waals surface area (Å²) < 4.78 is 26.2. The highest BCUT2D eigenvalue weighted by Crippen LogP contribution is 2.28. The average molecular weight is 243 g/mol. The first kappa shape index (κ1) is 11.6. The molecule has 2 atom stereocenters. The van der Waals surface area contributed by atoms with Gasteiger partial charge in [0, 0.05) is 12.1 Å². The topological polar surface area (TPSA) is 66.1 Å². The summed E-state index contributed by atoms with van der Waals surface area (Å²) >= 11 is 0. The van der Waals surface area contributed by atoms with Crippen LogP contribution in [0.4, 0.5) is 0 Å². The van der Waals surface area contributed by atoms with Crippen molar-refractivity contribution in [3.63, 3.8) is 0 Å². The van der Waals surface area contributed by atoms with Crippen LogP contribution in [0.3, 0.4) is 0 Å². The van der Waals surface area contributed by atoms with E-state index in [1.807, 2.05) is 13.8 Å². The third kappa shape index (κ3) is 1.87. The van der Waals surface area contributed by atoms with E-state index in [1.54, 1.807) is 4.31 Å². The molecule has 1 N–H and O–H groups in total. The second kappa shape index (κ2) is 4.18. The van der Waals surface area contributed by atoms with Crippen molar-refractivity contribution in [2.24, 2.45) is 0 Å². The Hall–Kier alpha value is -0.880. The Morgan fingerprint density at radius 2 is 2.00 bits per heavy atom. The van der Waals surface area contributed by atoms with Gasteiger partial charge in [-0.2, -0.15) is 4.31 Å². The number of imidazole rings is 1. The van der Waals surface area contributed by atoms with E-state index in [0.29, 0.717) is 0 Å². The van der Waals surface area contributed by atoms with E-state index in [4.69, 9.17) is 0 Å². The largest absolute Gasteiger partial charge is 0.335 e. The van der Waals surface area contributed by atoms with Crippen molar-refractivity contribution in [2.45, 2.75) is 50.2 Å². The molecule has 1 aliphatic heterocycles. The van der Waals surface area contributed by atoms with Crippen LogP contribution in [0.5, 0.6) is 0 Å². The Balaban J connectivity index is 2.36. The second-order valence-electron chi connectivity index (χ2n) is 4.38. The summed E-state index contributed by atoms with van der Waals surface area (Å²) in [5, 5.41) is 0.188. The Bertz CT molecular complexity index is 431. The lowest BCUT2D eigenvalue weighted by Crippen LogP contribution is -2.47. The smallest absolute Gasteiger partial charge is 0.260 e. The molecule has 16 heavy (non-hydrogen) atoms. The lowest BCUT2D eigenvalue weighted by Gasteiger charge is -2.37. The van der Waals surface area contributed by atoms with Crippen molar-refractivity contribution in [1.82, 2.24) is 14.3 Å². The van der Waals surface area contributed by atoms with Crippen LogP contribution in [0.2, 0.25) is 0 Å². The van der Waals surface area contributed by atoms with Crippen molar-refractivity contribution < 1.29 is 8.42 Å². The number of nitrogens with zero attached hydrogens (tertiary/aromatic N) is 2. The highest BCUT2D eigenvalue weighted by atomic mass is 32.2. The fourth-order valence-corrected chi connectivity index (χ4v) is 4.15. The van der Waals surface area contributed by atoms with Crippen LogP contribution in [0.1, 0.15) is 33.1 Å².